The van der Waals surface area contributed by atoms with Crippen molar-refractivity contribution in [2.75, 3.05) is 13.2 Å². The summed E-state index contributed by atoms with van der Waals surface area (Å²) in [6.45, 7) is 2.69. The molecule has 2 atom stereocenters. The van der Waals surface area contributed by atoms with E-state index in [-0.39, 0.29) is 18.1 Å². The van der Waals surface area contributed by atoms with Crippen molar-refractivity contribution in [3.8, 4) is 0 Å². The van der Waals surface area contributed by atoms with E-state index in [0.29, 0.717) is 19.6 Å². The molecule has 13 heavy (non-hydrogen) atoms. The molecule has 1 N–H and O–H groups in total. The van der Waals surface area contributed by atoms with Crippen LogP contribution in [0.3, 0.4) is 0 Å². The molecule has 0 aromatic carbocycles. The second-order valence-corrected chi connectivity index (χ2v) is 2.81. The number of hydrogen-bond donors (Lipinski definition) is 1. The quantitative estimate of drug-likeness (QED) is 0.301. The lowest BCUT2D eigenvalue weighted by molar-refractivity contribution is -0.145. The molecular weight excluding hydrogens is 172 g/mol. The highest BCUT2D eigenvalue weighted by Gasteiger charge is 2.29. The summed E-state index contributed by atoms with van der Waals surface area (Å²) in [5.74, 6) is -0.266. The molecule has 0 saturated carbocycles. The van der Waals surface area contributed by atoms with Crippen LogP contribution in [-0.2, 0) is 9.53 Å². The van der Waals surface area contributed by atoms with Crippen molar-refractivity contribution in [3.05, 3.63) is 10.4 Å². The number of hydrogen-bond acceptors (Lipinski definition) is 4. The van der Waals surface area contributed by atoms with Crippen LogP contribution in [0.4, 0.5) is 0 Å². The lowest BCUT2D eigenvalue weighted by atomic mass is 10.2. The number of ether oxygens (including phenoxy) is 1. The average molecular weight is 184 g/mol. The highest BCUT2D eigenvalue weighted by atomic mass is 16.5. The lowest BCUT2D eigenvalue weighted by Crippen LogP contribution is -2.32. The zero-order valence-corrected chi connectivity index (χ0v) is 7.43. The zero-order chi connectivity index (χ0) is 9.68. The number of azide groups is 1. The number of carbonyl (C=O) groups is 1. The van der Waals surface area contributed by atoms with Crippen LogP contribution in [0.5, 0.6) is 0 Å². The molecule has 0 aromatic heterocycles. The van der Waals surface area contributed by atoms with Crippen molar-refractivity contribution in [3.63, 3.8) is 0 Å². The van der Waals surface area contributed by atoms with Gasteiger partial charge in [-0.25, -0.2) is 0 Å². The van der Waals surface area contributed by atoms with E-state index < -0.39 is 0 Å². The second kappa shape index (κ2) is 4.69. The molecule has 1 saturated heterocycles. The lowest BCUT2D eigenvalue weighted by Gasteiger charge is -2.07. The van der Waals surface area contributed by atoms with Crippen molar-refractivity contribution in [1.29, 1.82) is 0 Å². The summed E-state index contributed by atoms with van der Waals surface area (Å²) in [5.41, 5.74) is 8.17. The van der Waals surface area contributed by atoms with Crippen molar-refractivity contribution in [1.82, 2.24) is 5.32 Å². The van der Waals surface area contributed by atoms with Crippen LogP contribution < -0.4 is 5.32 Å². The molecule has 0 aliphatic carbocycles. The third-order valence-corrected chi connectivity index (χ3v) is 1.89. The average Bonchev–Trinajstić information content (AvgIpc) is 2.54. The Kier molecular flexibility index (Phi) is 3.54. The molecule has 0 unspecified atom stereocenters. The van der Waals surface area contributed by atoms with E-state index in [9.17, 15) is 4.79 Å². The van der Waals surface area contributed by atoms with Gasteiger partial charge >= 0.3 is 5.97 Å². The standard InChI is InChI=1S/C7H12N4O2/c1-2-13-7(12)6-3-5(4-9-6)10-11-8/h5-6,9H,2-4H2,1H3/t5-,6-/m1/s1. The summed E-state index contributed by atoms with van der Waals surface area (Å²) in [6, 6.07) is -0.435. The van der Waals surface area contributed by atoms with E-state index >= 15 is 0 Å². The smallest absolute Gasteiger partial charge is 0.323 e. The Bertz CT molecular complexity index is 237. The van der Waals surface area contributed by atoms with E-state index in [2.05, 4.69) is 15.3 Å². The minimum atomic E-state index is -0.310. The number of nitrogens with zero attached hydrogens (tertiary/aromatic N) is 3. The Balaban J connectivity index is 2.40. The SMILES string of the molecule is CCOC(=O)[C@H]1C[C@@H](N=[N+]=[N-])CN1. The van der Waals surface area contributed by atoms with Crippen LogP contribution in [0.15, 0.2) is 5.11 Å². The summed E-state index contributed by atoms with van der Waals surface area (Å²) < 4.78 is 4.82. The van der Waals surface area contributed by atoms with Gasteiger partial charge in [-0.3, -0.25) is 4.79 Å². The van der Waals surface area contributed by atoms with Gasteiger partial charge in [0.25, 0.3) is 0 Å². The fourth-order valence-electron chi connectivity index (χ4n) is 1.30. The van der Waals surface area contributed by atoms with Crippen LogP contribution in [0, 0.1) is 0 Å². The molecular formula is C7H12N4O2. The van der Waals surface area contributed by atoms with Crippen LogP contribution in [0.1, 0.15) is 13.3 Å². The maximum atomic E-state index is 11.2. The van der Waals surface area contributed by atoms with Crippen molar-refractivity contribution in [2.24, 2.45) is 5.11 Å². The number of carbonyl (C=O) groups excluding carboxylic acids is 1. The summed E-state index contributed by atoms with van der Waals surface area (Å²) in [5, 5.41) is 6.46. The van der Waals surface area contributed by atoms with E-state index in [1.807, 2.05) is 0 Å². The van der Waals surface area contributed by atoms with Crippen molar-refractivity contribution >= 4 is 5.97 Å². The third-order valence-electron chi connectivity index (χ3n) is 1.89. The summed E-state index contributed by atoms with van der Waals surface area (Å²) in [6.07, 6.45) is 0.531. The highest BCUT2D eigenvalue weighted by molar-refractivity contribution is 5.76. The van der Waals surface area contributed by atoms with Gasteiger partial charge in [-0.1, -0.05) is 5.11 Å². The first-order valence-electron chi connectivity index (χ1n) is 4.22. The molecule has 1 rings (SSSR count). The largest absolute Gasteiger partial charge is 0.465 e. The van der Waals surface area contributed by atoms with Gasteiger partial charge in [0.2, 0.25) is 0 Å². The molecule has 72 valence electrons. The monoisotopic (exact) mass is 184 g/mol. The molecule has 1 aliphatic heterocycles. The van der Waals surface area contributed by atoms with Gasteiger partial charge in [-0.05, 0) is 18.9 Å². The van der Waals surface area contributed by atoms with Gasteiger partial charge in [0, 0.05) is 11.5 Å². The molecule has 1 aliphatic rings. The Morgan fingerprint density at radius 3 is 3.23 bits per heavy atom. The molecule has 0 bridgehead atoms. The molecule has 0 aromatic rings. The third kappa shape index (κ3) is 2.61. The van der Waals surface area contributed by atoms with Crippen LogP contribution in [0.25, 0.3) is 10.4 Å². The maximum Gasteiger partial charge on any atom is 0.323 e. The van der Waals surface area contributed by atoms with E-state index in [0.717, 1.165) is 0 Å². The van der Waals surface area contributed by atoms with Gasteiger partial charge in [0.05, 0.1) is 12.6 Å². The molecule has 1 fully saturated rings. The Labute approximate surface area is 75.9 Å². The minimum absolute atomic E-state index is 0.126. The first-order chi connectivity index (χ1) is 6.27. The van der Waals surface area contributed by atoms with Gasteiger partial charge in [0.15, 0.2) is 0 Å². The first kappa shape index (κ1) is 9.83. The van der Waals surface area contributed by atoms with Crippen molar-refractivity contribution < 1.29 is 9.53 Å². The van der Waals surface area contributed by atoms with Gasteiger partial charge in [-0.15, -0.1) is 0 Å². The van der Waals surface area contributed by atoms with E-state index in [1.165, 1.54) is 0 Å². The Hall–Kier alpha value is -1.26. The second-order valence-electron chi connectivity index (χ2n) is 2.81. The van der Waals surface area contributed by atoms with Crippen LogP contribution >= 0.6 is 0 Å². The normalized spacial score (nSPS) is 26.5. The van der Waals surface area contributed by atoms with Crippen LogP contribution in [-0.4, -0.2) is 31.2 Å². The Morgan fingerprint density at radius 1 is 1.85 bits per heavy atom. The van der Waals surface area contributed by atoms with E-state index in [4.69, 9.17) is 10.3 Å². The Morgan fingerprint density at radius 2 is 2.62 bits per heavy atom. The number of esters is 1. The molecule has 1 heterocycles. The number of rotatable bonds is 3. The first-order valence-corrected chi connectivity index (χ1v) is 4.22. The fraction of sp³-hybridized carbons (Fsp3) is 0.857. The molecule has 6 nitrogen and oxygen atoms in total. The predicted octanol–water partition coefficient (Wildman–Crippen LogP) is 0.590. The highest BCUT2D eigenvalue weighted by Crippen LogP contribution is 2.11. The minimum Gasteiger partial charge on any atom is -0.465 e. The summed E-state index contributed by atoms with van der Waals surface area (Å²) in [7, 11) is 0. The molecule has 0 radical (unpaired) electrons. The van der Waals surface area contributed by atoms with Gasteiger partial charge in [-0.2, -0.15) is 0 Å². The van der Waals surface area contributed by atoms with Crippen LogP contribution in [0.2, 0.25) is 0 Å². The number of nitrogens with one attached hydrogen (secondary N) is 1. The molecule has 0 spiro atoms. The summed E-state index contributed by atoms with van der Waals surface area (Å²) in [4.78, 5) is 13.9. The van der Waals surface area contributed by atoms with E-state index in [1.54, 1.807) is 6.92 Å². The zero-order valence-electron chi connectivity index (χ0n) is 7.43. The molecule has 6 heteroatoms. The maximum absolute atomic E-state index is 11.2. The predicted molar refractivity (Wildman–Crippen MR) is 46.0 cm³/mol. The van der Waals surface area contributed by atoms with Gasteiger partial charge < -0.3 is 10.1 Å². The topological polar surface area (TPSA) is 87.1 Å². The van der Waals surface area contributed by atoms with Gasteiger partial charge in [0.1, 0.15) is 6.04 Å². The fourth-order valence-corrected chi connectivity index (χ4v) is 1.30. The summed E-state index contributed by atoms with van der Waals surface area (Å²) >= 11 is 0. The van der Waals surface area contributed by atoms with Crippen molar-refractivity contribution in [2.45, 2.75) is 25.4 Å². The molecule has 0 amide bonds.